The Hall–Kier alpha value is -2.99. The molecule has 2 aromatic carbocycles. The van der Waals surface area contributed by atoms with Crippen molar-refractivity contribution in [3.8, 4) is 0 Å². The summed E-state index contributed by atoms with van der Waals surface area (Å²) in [6.45, 7) is 4.89. The predicted molar refractivity (Wildman–Crippen MR) is 122 cm³/mol. The van der Waals surface area contributed by atoms with E-state index >= 15 is 0 Å². The second-order valence-corrected chi connectivity index (χ2v) is 8.04. The van der Waals surface area contributed by atoms with Gasteiger partial charge in [0.1, 0.15) is 5.82 Å². The van der Waals surface area contributed by atoms with E-state index in [4.69, 9.17) is 0 Å². The van der Waals surface area contributed by atoms with Crippen molar-refractivity contribution in [1.29, 1.82) is 0 Å². The Kier molecular flexibility index (Phi) is 8.35. The Labute approximate surface area is 183 Å². The molecule has 1 heterocycles. The summed E-state index contributed by atoms with van der Waals surface area (Å²) in [5.41, 5.74) is 2.35. The zero-order valence-corrected chi connectivity index (χ0v) is 17.9. The third kappa shape index (κ3) is 7.64. The van der Waals surface area contributed by atoms with Crippen molar-refractivity contribution < 1.29 is 14.0 Å². The minimum absolute atomic E-state index is 0.0374. The molecule has 5 nitrogen and oxygen atoms in total. The van der Waals surface area contributed by atoms with Crippen molar-refractivity contribution in [2.24, 2.45) is 5.92 Å². The van der Waals surface area contributed by atoms with Gasteiger partial charge in [-0.15, -0.1) is 0 Å². The van der Waals surface area contributed by atoms with Crippen molar-refractivity contribution in [2.45, 2.75) is 26.2 Å². The van der Waals surface area contributed by atoms with Gasteiger partial charge >= 0.3 is 6.03 Å². The summed E-state index contributed by atoms with van der Waals surface area (Å²) in [4.78, 5) is 25.9. The number of Topliss-reactive ketones (excluding diaryl/α,β-unsaturated/α-hetero) is 1. The van der Waals surface area contributed by atoms with Crippen LogP contribution in [0.5, 0.6) is 0 Å². The van der Waals surface area contributed by atoms with E-state index in [0.717, 1.165) is 26.1 Å². The van der Waals surface area contributed by atoms with Crippen LogP contribution in [0.25, 0.3) is 0 Å². The number of carbonyl (C=O) groups excluding carboxylic acids is 2. The molecule has 0 bridgehead atoms. The molecule has 0 saturated carbocycles. The summed E-state index contributed by atoms with van der Waals surface area (Å²) >= 11 is 0. The first-order valence-electron chi connectivity index (χ1n) is 10.8. The van der Waals surface area contributed by atoms with Crippen molar-refractivity contribution in [3.63, 3.8) is 0 Å². The van der Waals surface area contributed by atoms with Gasteiger partial charge in [-0.05, 0) is 68.5 Å². The fourth-order valence-corrected chi connectivity index (χ4v) is 3.89. The Morgan fingerprint density at radius 1 is 1.16 bits per heavy atom. The third-order valence-electron chi connectivity index (χ3n) is 5.48. The smallest absolute Gasteiger partial charge is 0.319 e. The maximum absolute atomic E-state index is 13.1. The van der Waals surface area contributed by atoms with E-state index < -0.39 is 0 Å². The molecule has 1 fully saturated rings. The SMILES string of the molecule is CC(=O)c1cccc(NC(=O)NCC=CCN2CCCC(Cc3ccc(F)cc3)C2)c1. The molecule has 2 N–H and O–H groups in total. The molecular formula is C25H30FN3O2. The lowest BCUT2D eigenvalue weighted by Crippen LogP contribution is -2.36. The van der Waals surface area contributed by atoms with Gasteiger partial charge in [0, 0.05) is 30.9 Å². The van der Waals surface area contributed by atoms with Crippen molar-refractivity contribution in [3.05, 3.63) is 77.6 Å². The highest BCUT2D eigenvalue weighted by molar-refractivity contribution is 5.96. The monoisotopic (exact) mass is 423 g/mol. The van der Waals surface area contributed by atoms with Crippen molar-refractivity contribution in [2.75, 3.05) is 31.5 Å². The number of hydrogen-bond donors (Lipinski definition) is 2. The Bertz CT molecular complexity index is 911. The van der Waals surface area contributed by atoms with Crippen LogP contribution in [0.15, 0.2) is 60.7 Å². The second kappa shape index (κ2) is 11.4. The van der Waals surface area contributed by atoms with Crippen LogP contribution in [0.1, 0.15) is 35.7 Å². The highest BCUT2D eigenvalue weighted by Crippen LogP contribution is 2.21. The summed E-state index contributed by atoms with van der Waals surface area (Å²) < 4.78 is 13.1. The van der Waals surface area contributed by atoms with E-state index in [9.17, 15) is 14.0 Å². The molecule has 2 amide bonds. The van der Waals surface area contributed by atoms with Crippen LogP contribution in [0.4, 0.5) is 14.9 Å². The minimum atomic E-state index is -0.303. The summed E-state index contributed by atoms with van der Waals surface area (Å²) in [6, 6.07) is 13.4. The number of piperidine rings is 1. The normalized spacial score (nSPS) is 16.9. The lowest BCUT2D eigenvalue weighted by atomic mass is 9.91. The number of nitrogens with one attached hydrogen (secondary N) is 2. The number of benzene rings is 2. The van der Waals surface area contributed by atoms with Crippen LogP contribution in [0.3, 0.4) is 0 Å². The van der Waals surface area contributed by atoms with E-state index in [-0.39, 0.29) is 17.6 Å². The molecule has 0 aromatic heterocycles. The van der Waals surface area contributed by atoms with Gasteiger partial charge in [-0.2, -0.15) is 0 Å². The van der Waals surface area contributed by atoms with Crippen molar-refractivity contribution >= 4 is 17.5 Å². The van der Waals surface area contributed by atoms with Crippen LogP contribution in [-0.4, -0.2) is 42.9 Å². The zero-order valence-electron chi connectivity index (χ0n) is 17.9. The van der Waals surface area contributed by atoms with E-state index in [0.29, 0.717) is 23.7 Å². The van der Waals surface area contributed by atoms with Crippen LogP contribution >= 0.6 is 0 Å². The first-order chi connectivity index (χ1) is 15.0. The van der Waals surface area contributed by atoms with Crippen LogP contribution in [0.2, 0.25) is 0 Å². The van der Waals surface area contributed by atoms with Gasteiger partial charge in [-0.3, -0.25) is 9.69 Å². The molecule has 3 rings (SSSR count). The van der Waals surface area contributed by atoms with Gasteiger partial charge in [0.25, 0.3) is 0 Å². The average molecular weight is 424 g/mol. The molecule has 1 aliphatic rings. The summed E-state index contributed by atoms with van der Waals surface area (Å²) in [5.74, 6) is 0.359. The third-order valence-corrected chi connectivity index (χ3v) is 5.48. The molecule has 1 aliphatic heterocycles. The number of anilines is 1. The second-order valence-electron chi connectivity index (χ2n) is 8.04. The number of halogens is 1. The number of nitrogens with zero attached hydrogens (tertiary/aromatic N) is 1. The van der Waals surface area contributed by atoms with Crippen LogP contribution < -0.4 is 10.6 Å². The van der Waals surface area contributed by atoms with Crippen LogP contribution in [-0.2, 0) is 6.42 Å². The molecule has 1 atom stereocenters. The van der Waals surface area contributed by atoms with Gasteiger partial charge < -0.3 is 10.6 Å². The number of urea groups is 1. The average Bonchev–Trinajstić information content (AvgIpc) is 2.75. The molecule has 2 aromatic rings. The predicted octanol–water partition coefficient (Wildman–Crippen LogP) is 4.66. The molecule has 0 radical (unpaired) electrons. The Balaban J connectivity index is 1.36. The molecule has 1 unspecified atom stereocenters. The standard InChI is InChI=1S/C25H30FN3O2/c1-19(30)22-7-4-8-24(17-22)28-25(31)27-13-2-3-14-29-15-5-6-21(18-29)16-20-9-11-23(26)12-10-20/h2-4,7-12,17,21H,5-6,13-16,18H2,1H3,(H2,27,28,31). The van der Waals surface area contributed by atoms with Gasteiger partial charge in [0.05, 0.1) is 0 Å². The number of carbonyl (C=O) groups is 2. The number of rotatable bonds is 8. The fraction of sp³-hybridized carbons (Fsp3) is 0.360. The molecule has 31 heavy (non-hydrogen) atoms. The van der Waals surface area contributed by atoms with E-state index in [1.807, 2.05) is 18.2 Å². The van der Waals surface area contributed by atoms with Crippen molar-refractivity contribution in [1.82, 2.24) is 10.2 Å². The molecule has 6 heteroatoms. The van der Waals surface area contributed by atoms with Gasteiger partial charge in [-0.1, -0.05) is 36.4 Å². The maximum Gasteiger partial charge on any atom is 0.319 e. The molecule has 0 aliphatic carbocycles. The van der Waals surface area contributed by atoms with Gasteiger partial charge in [-0.25, -0.2) is 9.18 Å². The lowest BCUT2D eigenvalue weighted by Gasteiger charge is -2.32. The van der Waals surface area contributed by atoms with Crippen LogP contribution in [0, 0.1) is 11.7 Å². The van der Waals surface area contributed by atoms with Gasteiger partial charge in [0.2, 0.25) is 0 Å². The minimum Gasteiger partial charge on any atom is -0.334 e. The quantitative estimate of drug-likeness (QED) is 0.480. The molecule has 0 spiro atoms. The highest BCUT2D eigenvalue weighted by Gasteiger charge is 2.19. The molecule has 164 valence electrons. The fourth-order valence-electron chi connectivity index (χ4n) is 3.89. The zero-order chi connectivity index (χ0) is 22.1. The first-order valence-corrected chi connectivity index (χ1v) is 10.8. The summed E-state index contributed by atoms with van der Waals surface area (Å²) in [7, 11) is 0. The Morgan fingerprint density at radius 2 is 1.97 bits per heavy atom. The molecule has 1 saturated heterocycles. The lowest BCUT2D eigenvalue weighted by molar-refractivity contribution is 0.101. The topological polar surface area (TPSA) is 61.4 Å². The first kappa shape index (κ1) is 22.7. The number of hydrogen-bond acceptors (Lipinski definition) is 3. The number of amides is 2. The number of likely N-dealkylation sites (tertiary alicyclic amines) is 1. The maximum atomic E-state index is 13.1. The van der Waals surface area contributed by atoms with E-state index in [2.05, 4.69) is 21.6 Å². The van der Waals surface area contributed by atoms with Gasteiger partial charge in [0.15, 0.2) is 5.78 Å². The summed E-state index contributed by atoms with van der Waals surface area (Å²) in [6.07, 6.45) is 7.38. The summed E-state index contributed by atoms with van der Waals surface area (Å²) in [5, 5.41) is 5.53. The molecular weight excluding hydrogens is 393 g/mol. The highest BCUT2D eigenvalue weighted by atomic mass is 19.1. The number of ketones is 1. The Morgan fingerprint density at radius 3 is 2.74 bits per heavy atom. The largest absolute Gasteiger partial charge is 0.334 e. The van der Waals surface area contributed by atoms with E-state index in [1.165, 1.54) is 37.5 Å². The van der Waals surface area contributed by atoms with E-state index in [1.54, 1.807) is 24.3 Å².